The van der Waals surface area contributed by atoms with Crippen molar-refractivity contribution in [3.8, 4) is 0 Å². The highest BCUT2D eigenvalue weighted by Crippen LogP contribution is 2.70. The number of hydrogen-bond acceptors (Lipinski definition) is 2. The first-order chi connectivity index (χ1) is 9.07. The molecule has 114 valence electrons. The number of ether oxygens (including phenoxy) is 1. The van der Waals surface area contributed by atoms with Crippen LogP contribution in [0.25, 0.3) is 0 Å². The molecule has 1 saturated heterocycles. The minimum absolute atomic E-state index is 0.117. The molecule has 2 heteroatoms. The predicted octanol–water partition coefficient (Wildman–Crippen LogP) is 4.28. The van der Waals surface area contributed by atoms with Gasteiger partial charge in [0.25, 0.3) is 0 Å². The van der Waals surface area contributed by atoms with Crippen LogP contribution in [-0.4, -0.2) is 12.6 Å². The van der Waals surface area contributed by atoms with E-state index in [0.29, 0.717) is 23.9 Å². The molecule has 1 heterocycles. The Hall–Kier alpha value is -0.530. The summed E-state index contributed by atoms with van der Waals surface area (Å²) in [5, 5.41) is 0. The van der Waals surface area contributed by atoms with E-state index >= 15 is 0 Å². The van der Waals surface area contributed by atoms with E-state index in [4.69, 9.17) is 4.74 Å². The van der Waals surface area contributed by atoms with Gasteiger partial charge >= 0.3 is 5.97 Å². The molecule has 1 aliphatic heterocycles. The first kappa shape index (κ1) is 14.4. The second-order valence-corrected chi connectivity index (χ2v) is 9.63. The summed E-state index contributed by atoms with van der Waals surface area (Å²) in [6.45, 7) is 14.9. The third-order valence-corrected chi connectivity index (χ3v) is 6.41. The summed E-state index contributed by atoms with van der Waals surface area (Å²) in [5.74, 6) is 2.77. The van der Waals surface area contributed by atoms with Gasteiger partial charge in [0, 0.05) is 0 Å². The van der Waals surface area contributed by atoms with E-state index < -0.39 is 0 Å². The second kappa shape index (κ2) is 4.01. The molecule has 0 aromatic heterocycles. The standard InChI is InChI=1S/C18H30O2/c1-16(2,3)13-11-9-12(14(13)17(4,5)6)18(10-11)7-8-20-15(18)19/h11-14H,7-10H2,1-6H3. The third-order valence-electron chi connectivity index (χ3n) is 6.41. The second-order valence-electron chi connectivity index (χ2n) is 9.63. The maximum absolute atomic E-state index is 12.4. The van der Waals surface area contributed by atoms with Crippen LogP contribution in [-0.2, 0) is 9.53 Å². The van der Waals surface area contributed by atoms with Crippen LogP contribution in [0, 0.1) is 39.9 Å². The average molecular weight is 278 g/mol. The van der Waals surface area contributed by atoms with E-state index in [1.807, 2.05) is 0 Å². The normalized spacial score (nSPS) is 44.4. The summed E-state index contributed by atoms with van der Waals surface area (Å²) < 4.78 is 5.39. The molecule has 2 nitrogen and oxygen atoms in total. The van der Waals surface area contributed by atoms with Gasteiger partial charge in [-0.15, -0.1) is 0 Å². The maximum Gasteiger partial charge on any atom is 0.312 e. The Balaban J connectivity index is 2.01. The molecule has 20 heavy (non-hydrogen) atoms. The van der Waals surface area contributed by atoms with Crippen LogP contribution in [0.1, 0.15) is 60.8 Å². The van der Waals surface area contributed by atoms with Crippen molar-refractivity contribution in [3.63, 3.8) is 0 Å². The third kappa shape index (κ3) is 1.79. The van der Waals surface area contributed by atoms with E-state index in [1.54, 1.807) is 0 Å². The molecule has 2 bridgehead atoms. The lowest BCUT2D eigenvalue weighted by Crippen LogP contribution is -2.48. The number of esters is 1. The van der Waals surface area contributed by atoms with Gasteiger partial charge in [-0.25, -0.2) is 0 Å². The van der Waals surface area contributed by atoms with Gasteiger partial charge in [-0.1, -0.05) is 41.5 Å². The summed E-state index contributed by atoms with van der Waals surface area (Å²) in [5.41, 5.74) is 0.486. The van der Waals surface area contributed by atoms with Crippen molar-refractivity contribution in [2.45, 2.75) is 60.8 Å². The molecular weight excluding hydrogens is 248 g/mol. The van der Waals surface area contributed by atoms with E-state index in [9.17, 15) is 4.79 Å². The molecule has 2 aliphatic carbocycles. The van der Waals surface area contributed by atoms with Gasteiger partial charge in [0.1, 0.15) is 0 Å². The molecule has 5 atom stereocenters. The number of cyclic esters (lactones) is 1. The van der Waals surface area contributed by atoms with Crippen LogP contribution in [0.2, 0.25) is 0 Å². The quantitative estimate of drug-likeness (QED) is 0.618. The van der Waals surface area contributed by atoms with Crippen molar-refractivity contribution in [2.24, 2.45) is 39.9 Å². The molecule has 2 saturated carbocycles. The summed E-state index contributed by atoms with van der Waals surface area (Å²) in [4.78, 5) is 12.4. The molecule has 5 unspecified atom stereocenters. The zero-order valence-electron chi connectivity index (χ0n) is 14.0. The number of fused-ring (bicyclic) bond motifs is 3. The monoisotopic (exact) mass is 278 g/mol. The highest BCUT2D eigenvalue weighted by Gasteiger charge is 2.68. The Morgan fingerprint density at radius 1 is 1.05 bits per heavy atom. The van der Waals surface area contributed by atoms with Crippen molar-refractivity contribution in [1.29, 1.82) is 0 Å². The molecule has 0 N–H and O–H groups in total. The van der Waals surface area contributed by atoms with Crippen LogP contribution in [0.4, 0.5) is 0 Å². The molecule has 3 aliphatic rings. The molecule has 0 radical (unpaired) electrons. The van der Waals surface area contributed by atoms with E-state index in [1.165, 1.54) is 6.42 Å². The van der Waals surface area contributed by atoms with Gasteiger partial charge in [0.05, 0.1) is 12.0 Å². The van der Waals surface area contributed by atoms with E-state index in [-0.39, 0.29) is 16.8 Å². The molecule has 3 fully saturated rings. The van der Waals surface area contributed by atoms with Gasteiger partial charge in [-0.2, -0.15) is 0 Å². The molecular formula is C18H30O2. The summed E-state index contributed by atoms with van der Waals surface area (Å²) >= 11 is 0. The van der Waals surface area contributed by atoms with Crippen LogP contribution in [0.15, 0.2) is 0 Å². The number of rotatable bonds is 0. The molecule has 0 aromatic carbocycles. The van der Waals surface area contributed by atoms with Gasteiger partial charge in [0.15, 0.2) is 0 Å². The lowest BCUT2D eigenvalue weighted by molar-refractivity contribution is -0.153. The fourth-order valence-electron chi connectivity index (χ4n) is 6.04. The molecule has 3 rings (SSSR count). The molecule has 0 aromatic rings. The summed E-state index contributed by atoms with van der Waals surface area (Å²) in [6, 6.07) is 0. The Kier molecular flexibility index (Phi) is 2.89. The predicted molar refractivity (Wildman–Crippen MR) is 80.1 cm³/mol. The SMILES string of the molecule is CC(C)(C)C1C2CC(C1C(C)(C)C)C1(CCOC1=O)C2. The Labute approximate surface area is 123 Å². The van der Waals surface area contributed by atoms with Crippen LogP contribution < -0.4 is 0 Å². The zero-order valence-corrected chi connectivity index (χ0v) is 14.0. The van der Waals surface area contributed by atoms with Crippen molar-refractivity contribution >= 4 is 5.97 Å². The lowest BCUT2D eigenvalue weighted by Gasteiger charge is -2.50. The van der Waals surface area contributed by atoms with Crippen LogP contribution in [0.3, 0.4) is 0 Å². The Bertz CT molecular complexity index is 426. The first-order valence-corrected chi connectivity index (χ1v) is 8.24. The minimum Gasteiger partial charge on any atom is -0.465 e. The van der Waals surface area contributed by atoms with Crippen molar-refractivity contribution in [3.05, 3.63) is 0 Å². The maximum atomic E-state index is 12.4. The number of carbonyl (C=O) groups excluding carboxylic acids is 1. The summed E-state index contributed by atoms with van der Waals surface area (Å²) in [6.07, 6.45) is 3.31. The van der Waals surface area contributed by atoms with Gasteiger partial charge < -0.3 is 4.74 Å². The smallest absolute Gasteiger partial charge is 0.312 e. The highest BCUT2D eigenvalue weighted by molar-refractivity contribution is 5.80. The fraction of sp³-hybridized carbons (Fsp3) is 0.944. The number of carbonyl (C=O) groups is 1. The fourth-order valence-corrected chi connectivity index (χ4v) is 6.04. The van der Waals surface area contributed by atoms with E-state index in [0.717, 1.165) is 24.7 Å². The van der Waals surface area contributed by atoms with Crippen molar-refractivity contribution < 1.29 is 9.53 Å². The largest absolute Gasteiger partial charge is 0.465 e. The topological polar surface area (TPSA) is 26.3 Å². The minimum atomic E-state index is -0.121. The van der Waals surface area contributed by atoms with Gasteiger partial charge in [0.2, 0.25) is 0 Å². The van der Waals surface area contributed by atoms with Crippen molar-refractivity contribution in [1.82, 2.24) is 0 Å². The molecule has 1 spiro atoms. The molecule has 0 amide bonds. The average Bonchev–Trinajstić information content (AvgIpc) is 2.90. The zero-order chi connectivity index (χ0) is 14.9. The summed E-state index contributed by atoms with van der Waals surface area (Å²) in [7, 11) is 0. The van der Waals surface area contributed by atoms with Gasteiger partial charge in [-0.05, 0) is 53.8 Å². The van der Waals surface area contributed by atoms with Gasteiger partial charge in [-0.3, -0.25) is 4.79 Å². The Morgan fingerprint density at radius 3 is 2.10 bits per heavy atom. The number of hydrogen-bond donors (Lipinski definition) is 0. The lowest BCUT2D eigenvalue weighted by atomic mass is 9.53. The van der Waals surface area contributed by atoms with Crippen LogP contribution in [0.5, 0.6) is 0 Å². The highest BCUT2D eigenvalue weighted by atomic mass is 16.5. The van der Waals surface area contributed by atoms with E-state index in [2.05, 4.69) is 41.5 Å². The Morgan fingerprint density at radius 2 is 1.65 bits per heavy atom. The van der Waals surface area contributed by atoms with Crippen LogP contribution >= 0.6 is 0 Å². The van der Waals surface area contributed by atoms with Crippen molar-refractivity contribution in [2.75, 3.05) is 6.61 Å². The first-order valence-electron chi connectivity index (χ1n) is 8.24.